The van der Waals surface area contributed by atoms with Gasteiger partial charge in [0.05, 0.1) is 17.8 Å². The van der Waals surface area contributed by atoms with Crippen LogP contribution in [0.5, 0.6) is 0 Å². The summed E-state index contributed by atoms with van der Waals surface area (Å²) in [5.41, 5.74) is 3.42. The van der Waals surface area contributed by atoms with E-state index in [0.717, 1.165) is 11.2 Å². The van der Waals surface area contributed by atoms with E-state index in [-0.39, 0.29) is 0 Å². The number of hydrogen-bond acceptors (Lipinski definition) is 2. The first kappa shape index (κ1) is 9.21. The van der Waals surface area contributed by atoms with Crippen LogP contribution in [0.4, 0.5) is 0 Å². The third-order valence-corrected chi connectivity index (χ3v) is 2.39. The Hall–Kier alpha value is -1.35. The van der Waals surface area contributed by atoms with E-state index in [1.165, 1.54) is 10.9 Å². The van der Waals surface area contributed by atoms with Crippen molar-refractivity contribution in [3.05, 3.63) is 29.5 Å². The highest BCUT2D eigenvalue weighted by atomic mass is 16.5. The SMILES string of the molecule is COCc1c2cc(C)ccc2nn1C. The molecule has 3 nitrogen and oxygen atoms in total. The molecule has 1 heterocycles. The zero-order valence-electron chi connectivity index (χ0n) is 8.74. The van der Waals surface area contributed by atoms with E-state index in [1.54, 1.807) is 7.11 Å². The minimum absolute atomic E-state index is 0.608. The Morgan fingerprint density at radius 2 is 2.21 bits per heavy atom. The Morgan fingerprint density at radius 1 is 1.43 bits per heavy atom. The second kappa shape index (κ2) is 3.42. The summed E-state index contributed by atoms with van der Waals surface area (Å²) in [5.74, 6) is 0. The van der Waals surface area contributed by atoms with Gasteiger partial charge in [-0.1, -0.05) is 11.6 Å². The number of ether oxygens (including phenoxy) is 1. The number of methoxy groups -OCH3 is 1. The van der Waals surface area contributed by atoms with Crippen LogP contribution in [0.25, 0.3) is 10.9 Å². The predicted octanol–water partition coefficient (Wildman–Crippen LogP) is 2.03. The van der Waals surface area contributed by atoms with E-state index in [1.807, 2.05) is 17.8 Å². The molecule has 0 amide bonds. The molecule has 0 saturated heterocycles. The summed E-state index contributed by atoms with van der Waals surface area (Å²) < 4.78 is 7.04. The number of nitrogens with zero attached hydrogens (tertiary/aromatic N) is 2. The van der Waals surface area contributed by atoms with Crippen LogP contribution in [0, 0.1) is 6.92 Å². The normalized spacial score (nSPS) is 11.1. The van der Waals surface area contributed by atoms with Crippen LogP contribution in [0.2, 0.25) is 0 Å². The molecule has 1 aromatic heterocycles. The van der Waals surface area contributed by atoms with Crippen molar-refractivity contribution in [1.82, 2.24) is 9.78 Å². The van der Waals surface area contributed by atoms with Gasteiger partial charge in [0.1, 0.15) is 0 Å². The van der Waals surface area contributed by atoms with E-state index in [2.05, 4.69) is 24.2 Å². The first-order chi connectivity index (χ1) is 6.72. The average Bonchev–Trinajstić information content (AvgIpc) is 2.45. The summed E-state index contributed by atoms with van der Waals surface area (Å²) in [4.78, 5) is 0. The molecule has 0 atom stereocenters. The molecule has 0 unspecified atom stereocenters. The molecule has 0 saturated carbocycles. The van der Waals surface area contributed by atoms with Gasteiger partial charge in [0.15, 0.2) is 0 Å². The Morgan fingerprint density at radius 3 is 2.93 bits per heavy atom. The number of benzene rings is 1. The molecule has 2 rings (SSSR count). The summed E-state index contributed by atoms with van der Waals surface area (Å²) in [6, 6.07) is 6.27. The fourth-order valence-corrected chi connectivity index (χ4v) is 1.67. The lowest BCUT2D eigenvalue weighted by atomic mass is 10.1. The molecule has 2 aromatic rings. The van der Waals surface area contributed by atoms with Crippen molar-refractivity contribution in [3.63, 3.8) is 0 Å². The molecule has 1 aromatic carbocycles. The number of aromatic nitrogens is 2. The lowest BCUT2D eigenvalue weighted by Gasteiger charge is -2.00. The monoisotopic (exact) mass is 190 g/mol. The van der Waals surface area contributed by atoms with Crippen molar-refractivity contribution in [3.8, 4) is 0 Å². The summed E-state index contributed by atoms with van der Waals surface area (Å²) in [5, 5.41) is 5.60. The zero-order valence-corrected chi connectivity index (χ0v) is 8.74. The van der Waals surface area contributed by atoms with Gasteiger partial charge in [-0.2, -0.15) is 5.10 Å². The summed E-state index contributed by atoms with van der Waals surface area (Å²) in [6.45, 7) is 2.69. The highest BCUT2D eigenvalue weighted by molar-refractivity contribution is 5.82. The maximum absolute atomic E-state index is 5.15. The van der Waals surface area contributed by atoms with E-state index in [9.17, 15) is 0 Å². The van der Waals surface area contributed by atoms with Gasteiger partial charge in [-0.25, -0.2) is 0 Å². The molecule has 0 bridgehead atoms. The maximum Gasteiger partial charge on any atom is 0.0927 e. The fraction of sp³-hybridized carbons (Fsp3) is 0.364. The smallest absolute Gasteiger partial charge is 0.0927 e. The lowest BCUT2D eigenvalue weighted by Crippen LogP contribution is -1.99. The average molecular weight is 190 g/mol. The Balaban J connectivity index is 2.66. The molecule has 0 fully saturated rings. The molecule has 14 heavy (non-hydrogen) atoms. The van der Waals surface area contributed by atoms with E-state index in [4.69, 9.17) is 4.74 Å². The van der Waals surface area contributed by atoms with Gasteiger partial charge in [-0.3, -0.25) is 4.68 Å². The molecule has 3 heteroatoms. The Bertz CT molecular complexity index is 460. The van der Waals surface area contributed by atoms with Gasteiger partial charge in [-0.05, 0) is 19.1 Å². The third kappa shape index (κ3) is 1.40. The van der Waals surface area contributed by atoms with Crippen molar-refractivity contribution >= 4 is 10.9 Å². The van der Waals surface area contributed by atoms with Crippen LogP contribution in [-0.2, 0) is 18.4 Å². The van der Waals surface area contributed by atoms with Crippen LogP contribution in [0.3, 0.4) is 0 Å². The lowest BCUT2D eigenvalue weighted by molar-refractivity contribution is 0.179. The van der Waals surface area contributed by atoms with Gasteiger partial charge >= 0.3 is 0 Å². The first-order valence-electron chi connectivity index (χ1n) is 4.63. The van der Waals surface area contributed by atoms with Crippen LogP contribution < -0.4 is 0 Å². The van der Waals surface area contributed by atoms with Crippen molar-refractivity contribution in [2.24, 2.45) is 7.05 Å². The molecule has 0 aliphatic rings. The van der Waals surface area contributed by atoms with Crippen LogP contribution >= 0.6 is 0 Å². The highest BCUT2D eigenvalue weighted by Gasteiger charge is 2.07. The van der Waals surface area contributed by atoms with Crippen LogP contribution in [0.15, 0.2) is 18.2 Å². The molecular formula is C11H14N2O. The van der Waals surface area contributed by atoms with Gasteiger partial charge in [-0.15, -0.1) is 0 Å². The number of rotatable bonds is 2. The van der Waals surface area contributed by atoms with Crippen LogP contribution in [0.1, 0.15) is 11.3 Å². The Kier molecular flexibility index (Phi) is 2.25. The maximum atomic E-state index is 5.15. The standard InChI is InChI=1S/C11H14N2O/c1-8-4-5-10-9(6-8)11(7-14-3)13(2)12-10/h4-6H,7H2,1-3H3. The molecule has 0 N–H and O–H groups in total. The van der Waals surface area contributed by atoms with Crippen molar-refractivity contribution in [2.75, 3.05) is 7.11 Å². The van der Waals surface area contributed by atoms with Crippen molar-refractivity contribution in [1.29, 1.82) is 0 Å². The summed E-state index contributed by atoms with van der Waals surface area (Å²) in [7, 11) is 3.65. The second-order valence-corrected chi connectivity index (χ2v) is 3.52. The number of aryl methyl sites for hydroxylation is 2. The topological polar surface area (TPSA) is 27.1 Å². The molecule has 0 aliphatic carbocycles. The van der Waals surface area contributed by atoms with E-state index >= 15 is 0 Å². The second-order valence-electron chi connectivity index (χ2n) is 3.52. The number of hydrogen-bond donors (Lipinski definition) is 0. The van der Waals surface area contributed by atoms with Crippen molar-refractivity contribution in [2.45, 2.75) is 13.5 Å². The van der Waals surface area contributed by atoms with Gasteiger partial charge < -0.3 is 4.74 Å². The number of fused-ring (bicyclic) bond motifs is 1. The third-order valence-electron chi connectivity index (χ3n) is 2.39. The minimum atomic E-state index is 0.608. The quantitative estimate of drug-likeness (QED) is 0.724. The van der Waals surface area contributed by atoms with E-state index in [0.29, 0.717) is 6.61 Å². The zero-order chi connectivity index (χ0) is 10.1. The fourth-order valence-electron chi connectivity index (χ4n) is 1.67. The highest BCUT2D eigenvalue weighted by Crippen LogP contribution is 2.19. The molecule has 0 aliphatic heterocycles. The minimum Gasteiger partial charge on any atom is -0.378 e. The summed E-state index contributed by atoms with van der Waals surface area (Å²) in [6.07, 6.45) is 0. The molecule has 74 valence electrons. The first-order valence-corrected chi connectivity index (χ1v) is 4.63. The summed E-state index contributed by atoms with van der Waals surface area (Å²) >= 11 is 0. The molecule has 0 spiro atoms. The van der Waals surface area contributed by atoms with Crippen molar-refractivity contribution < 1.29 is 4.74 Å². The van der Waals surface area contributed by atoms with Crippen LogP contribution in [-0.4, -0.2) is 16.9 Å². The Labute approximate surface area is 83.3 Å². The van der Waals surface area contributed by atoms with Gasteiger partial charge in [0.25, 0.3) is 0 Å². The predicted molar refractivity (Wildman–Crippen MR) is 56.2 cm³/mol. The largest absolute Gasteiger partial charge is 0.378 e. The van der Waals surface area contributed by atoms with Gasteiger partial charge in [0, 0.05) is 19.5 Å². The van der Waals surface area contributed by atoms with E-state index < -0.39 is 0 Å². The van der Waals surface area contributed by atoms with Gasteiger partial charge in [0.2, 0.25) is 0 Å². The molecular weight excluding hydrogens is 176 g/mol. The molecule has 0 radical (unpaired) electrons.